The van der Waals surface area contributed by atoms with Crippen molar-refractivity contribution < 1.29 is 57.8 Å². The molecule has 0 unspecified atom stereocenters. The highest BCUT2D eigenvalue weighted by atomic mass is 16.4. The van der Waals surface area contributed by atoms with Gasteiger partial charge in [-0.1, -0.05) is 61.8 Å². The van der Waals surface area contributed by atoms with Crippen LogP contribution in [0.4, 0.5) is 0 Å². The smallest absolute Gasteiger partial charge is 0.326 e. The molecule has 96 heavy (non-hydrogen) atoms. The number of H-pyrrole nitrogens is 1. The first kappa shape index (κ1) is 85.8. The second-order valence-electron chi connectivity index (χ2n) is 25.5. The maximum Gasteiger partial charge on any atom is 0.326 e. The molecule has 1 aromatic rings. The molecule has 0 saturated carbocycles. The maximum atomic E-state index is 14.7. The number of nitrogens with one attached hydrogen (secondary N) is 11. The number of amides is 10. The quantitative estimate of drug-likeness (QED) is 0.0171. The van der Waals surface area contributed by atoms with Crippen LogP contribution in [0.3, 0.4) is 0 Å². The zero-order chi connectivity index (χ0) is 72.6. The summed E-state index contributed by atoms with van der Waals surface area (Å²) in [6.07, 6.45) is 6.54. The van der Waals surface area contributed by atoms with Gasteiger partial charge in [0.1, 0.15) is 60.4 Å². The van der Waals surface area contributed by atoms with Crippen LogP contribution in [0.1, 0.15) is 171 Å². The van der Waals surface area contributed by atoms with E-state index in [0.717, 1.165) is 0 Å². The Hall–Kier alpha value is -8.24. The molecule has 0 aliphatic rings. The first-order valence-electron chi connectivity index (χ1n) is 33.5. The molecule has 1 heterocycles. The molecule has 546 valence electrons. The Balaban J connectivity index is 3.67. The SMILES string of the molecule is CC[C@H](C)[C@H](NC(=O)[C@H](CCCN=C(N)N)NC(=O)[C@H](CCCCN)NC(=O)[C@H](CC(C)C)NC(=O)[C@H](C)NC(=O)[C@@H](N)CCCN=C(N)N)C(=O)N[C@@H](CCCCN)C(=O)N[C@@H](Cc1cnc[nH]1)C(=O)N[C@H](C(=O)N[C@@H](CC(C)C)C(=O)N[C@@H](CCCCN)C(=O)O)C(C)C. The van der Waals surface area contributed by atoms with Gasteiger partial charge in [0, 0.05) is 31.4 Å². The van der Waals surface area contributed by atoms with Crippen LogP contribution in [0.15, 0.2) is 22.5 Å². The molecular weight excluding hydrogens is 1240 g/mol. The minimum Gasteiger partial charge on any atom is -0.480 e. The molecule has 0 spiro atoms. The van der Waals surface area contributed by atoms with E-state index in [1.165, 1.54) is 19.4 Å². The van der Waals surface area contributed by atoms with E-state index >= 15 is 0 Å². The van der Waals surface area contributed by atoms with E-state index in [4.69, 9.17) is 45.9 Å². The molecule has 28 N–H and O–H groups in total. The van der Waals surface area contributed by atoms with Crippen LogP contribution in [-0.4, -0.2) is 191 Å². The number of aliphatic carboxylic acids is 1. The third-order valence-electron chi connectivity index (χ3n) is 15.7. The minimum absolute atomic E-state index is 0.0107. The van der Waals surface area contributed by atoms with E-state index in [2.05, 4.69) is 73.1 Å². The summed E-state index contributed by atoms with van der Waals surface area (Å²) in [6, 6.07) is -13.8. The molecule has 0 aromatic carbocycles. The number of aromatic nitrogens is 2. The number of nitrogens with two attached hydrogens (primary N) is 8. The van der Waals surface area contributed by atoms with Crippen LogP contribution in [0.5, 0.6) is 0 Å². The molecule has 12 atom stereocenters. The van der Waals surface area contributed by atoms with Crippen LogP contribution in [-0.2, 0) is 59.2 Å². The Labute approximate surface area is 564 Å². The number of imidazole rings is 1. The molecule has 0 fully saturated rings. The lowest BCUT2D eigenvalue weighted by Crippen LogP contribution is -2.62. The number of rotatable bonds is 50. The molecule has 10 amide bonds. The molecule has 0 aliphatic heterocycles. The normalized spacial score (nSPS) is 15.0. The molecule has 1 aromatic heterocycles. The van der Waals surface area contributed by atoms with Gasteiger partial charge in [0.15, 0.2) is 11.9 Å². The Kier molecular flexibility index (Phi) is 41.8. The van der Waals surface area contributed by atoms with Crippen molar-refractivity contribution in [1.29, 1.82) is 0 Å². The summed E-state index contributed by atoms with van der Waals surface area (Å²) in [7, 11) is 0. The number of hydrogen-bond acceptors (Lipinski definition) is 18. The summed E-state index contributed by atoms with van der Waals surface area (Å²) in [4.78, 5) is 169. The van der Waals surface area contributed by atoms with Crippen LogP contribution in [0.2, 0.25) is 0 Å². The number of hydrogen-bond donors (Lipinski definition) is 20. The first-order valence-corrected chi connectivity index (χ1v) is 33.5. The first-order chi connectivity index (χ1) is 45.3. The second kappa shape index (κ2) is 46.8. The summed E-state index contributed by atoms with van der Waals surface area (Å²) < 4.78 is 0. The number of carboxylic acid groups (broad SMARTS) is 1. The Bertz CT molecular complexity index is 2640. The van der Waals surface area contributed by atoms with Crippen molar-refractivity contribution >= 4 is 77.0 Å². The van der Waals surface area contributed by atoms with E-state index in [1.54, 1.807) is 27.7 Å². The topological polar surface area (TPSA) is 590 Å². The fraction of sp³-hybridized carbons (Fsp3) is 0.742. The third-order valence-corrected chi connectivity index (χ3v) is 15.7. The van der Waals surface area contributed by atoms with Gasteiger partial charge in [-0.05, 0) is 147 Å². The molecule has 0 radical (unpaired) electrons. The monoisotopic (exact) mass is 1360 g/mol. The standard InChI is InChI=1S/C62H116N22O12/c1-10-37(8)49(84-54(89)43(23-18-28-73-62(69)70)76-52(87)41(20-11-14-24-63)77-55(90)45(29-34(2)3)80-50(85)38(9)75-51(86)40(66)19-17-27-72-61(67)68)59(94)78-42(21-12-15-25-64)53(88)81-47(31-39-32-71-33-74-39)57(92)83-48(36(6)7)58(93)82-46(30-35(4)5)56(91)79-44(60(95)96)22-13-16-26-65/h32-38,40-49H,10-31,63-66H2,1-9H3,(H,71,74)(H,75,86)(H,76,87)(H,77,90)(H,78,94)(H,79,91)(H,80,85)(H,81,88)(H,82,93)(H,83,92)(H,84,89)(H,95,96)(H4,67,68,72)(H4,69,70,73)/t37-,38-,40-,41-,42-,43-,44-,45-,46-,47-,48-,49-/m0/s1. The van der Waals surface area contributed by atoms with Gasteiger partial charge < -0.3 is 109 Å². The summed E-state index contributed by atoms with van der Waals surface area (Å²) in [5.41, 5.74) is 45.7. The molecule has 0 aliphatic carbocycles. The van der Waals surface area contributed by atoms with Gasteiger partial charge in [-0.3, -0.25) is 57.9 Å². The van der Waals surface area contributed by atoms with Gasteiger partial charge in [-0.25, -0.2) is 9.78 Å². The minimum atomic E-state index is -1.41. The van der Waals surface area contributed by atoms with Crippen molar-refractivity contribution in [3.8, 4) is 0 Å². The average Bonchev–Trinajstić information content (AvgIpc) is 0.965. The summed E-state index contributed by atoms with van der Waals surface area (Å²) in [6.45, 7) is 16.6. The van der Waals surface area contributed by atoms with E-state index in [9.17, 15) is 57.8 Å². The van der Waals surface area contributed by atoms with Crippen LogP contribution < -0.4 is 99.0 Å². The Morgan fingerprint density at radius 1 is 0.458 bits per heavy atom. The van der Waals surface area contributed by atoms with E-state index < -0.39 is 143 Å². The van der Waals surface area contributed by atoms with Gasteiger partial charge in [0.25, 0.3) is 0 Å². The fourth-order valence-electron chi connectivity index (χ4n) is 9.97. The predicted molar refractivity (Wildman–Crippen MR) is 365 cm³/mol. The highest BCUT2D eigenvalue weighted by Gasteiger charge is 2.38. The van der Waals surface area contributed by atoms with Crippen molar-refractivity contribution in [3.05, 3.63) is 18.2 Å². The lowest BCUT2D eigenvalue weighted by atomic mass is 9.96. The third kappa shape index (κ3) is 34.4. The van der Waals surface area contributed by atoms with Crippen LogP contribution in [0, 0.1) is 23.7 Å². The van der Waals surface area contributed by atoms with Crippen molar-refractivity contribution in [2.45, 2.75) is 238 Å². The summed E-state index contributed by atoms with van der Waals surface area (Å²) in [5.74, 6) is -10.7. The van der Waals surface area contributed by atoms with Gasteiger partial charge in [-0.2, -0.15) is 0 Å². The Morgan fingerprint density at radius 3 is 1.26 bits per heavy atom. The number of carboxylic acids is 1. The highest BCUT2D eigenvalue weighted by Crippen LogP contribution is 2.16. The maximum absolute atomic E-state index is 14.7. The molecule has 0 bridgehead atoms. The van der Waals surface area contributed by atoms with Crippen molar-refractivity contribution in [2.75, 3.05) is 32.7 Å². The van der Waals surface area contributed by atoms with Gasteiger partial charge >= 0.3 is 5.97 Å². The summed E-state index contributed by atoms with van der Waals surface area (Å²) in [5, 5.41) is 36.9. The highest BCUT2D eigenvalue weighted by molar-refractivity contribution is 5.99. The lowest BCUT2D eigenvalue weighted by molar-refractivity contribution is -0.142. The van der Waals surface area contributed by atoms with E-state index in [0.29, 0.717) is 63.6 Å². The molecule has 34 heteroatoms. The zero-order valence-electron chi connectivity index (χ0n) is 57.8. The number of nitrogens with zero attached hydrogens (tertiary/aromatic N) is 3. The second-order valence-corrected chi connectivity index (χ2v) is 25.5. The number of unbranched alkanes of at least 4 members (excludes halogenated alkanes) is 3. The average molecular weight is 1360 g/mol. The van der Waals surface area contributed by atoms with Crippen LogP contribution in [0.25, 0.3) is 0 Å². The number of aliphatic imine (C=N–C) groups is 2. The van der Waals surface area contributed by atoms with Gasteiger partial charge in [0.2, 0.25) is 59.1 Å². The molecule has 34 nitrogen and oxygen atoms in total. The molecule has 1 rings (SSSR count). The van der Waals surface area contributed by atoms with Crippen molar-refractivity contribution in [3.63, 3.8) is 0 Å². The number of aromatic amines is 1. The fourth-order valence-corrected chi connectivity index (χ4v) is 9.97. The van der Waals surface area contributed by atoms with Crippen LogP contribution >= 0.6 is 0 Å². The lowest BCUT2D eigenvalue weighted by Gasteiger charge is -2.30. The van der Waals surface area contributed by atoms with Gasteiger partial charge in [0.05, 0.1) is 12.4 Å². The van der Waals surface area contributed by atoms with E-state index in [1.807, 2.05) is 27.7 Å². The summed E-state index contributed by atoms with van der Waals surface area (Å²) >= 11 is 0. The predicted octanol–water partition coefficient (Wildman–Crippen LogP) is -3.48. The van der Waals surface area contributed by atoms with E-state index in [-0.39, 0.29) is 108 Å². The zero-order valence-corrected chi connectivity index (χ0v) is 57.8. The number of carbonyl (C=O) groups is 11. The Morgan fingerprint density at radius 2 is 0.833 bits per heavy atom. The molecule has 0 saturated heterocycles. The number of guanidine groups is 2. The van der Waals surface area contributed by atoms with Gasteiger partial charge in [-0.15, -0.1) is 0 Å². The van der Waals surface area contributed by atoms with Crippen molar-refractivity contribution in [1.82, 2.24) is 63.1 Å². The molecular formula is C62H116N22O12. The number of carbonyl (C=O) groups excluding carboxylic acids is 10. The largest absolute Gasteiger partial charge is 0.480 e. The van der Waals surface area contributed by atoms with Crippen molar-refractivity contribution in [2.24, 2.45) is 79.5 Å².